The Morgan fingerprint density at radius 3 is 1.35 bits per heavy atom. The van der Waals surface area contributed by atoms with Crippen molar-refractivity contribution in [3.05, 3.63) is 81.4 Å². The zero-order valence-corrected chi connectivity index (χ0v) is 36.9. The normalized spacial score (nSPS) is 40.1. The van der Waals surface area contributed by atoms with Gasteiger partial charge < -0.3 is 24.8 Å². The molecule has 52 heavy (non-hydrogen) atoms. The molecule has 8 saturated carbocycles. The Kier molecular flexibility index (Phi) is 9.15. The molecule has 0 nitrogen and oxygen atoms in total. The number of allylic oxidation sites excluding steroid dienone is 4. The van der Waals surface area contributed by atoms with Crippen LogP contribution in [0.1, 0.15) is 166 Å². The molecule has 0 saturated heterocycles. The maximum atomic E-state index is 2.83. The predicted molar refractivity (Wildman–Crippen MR) is 204 cm³/mol. The number of hydrogen-bond acceptors (Lipinski definition) is 0. The summed E-state index contributed by atoms with van der Waals surface area (Å²) in [5.41, 5.74) is 16.7. The predicted octanol–water partition coefficient (Wildman–Crippen LogP) is 7.24. The summed E-state index contributed by atoms with van der Waals surface area (Å²) < 4.78 is 0. The van der Waals surface area contributed by atoms with Gasteiger partial charge in [0.2, 0.25) is 0 Å². The minimum atomic E-state index is 0. The van der Waals surface area contributed by atoms with E-state index in [0.29, 0.717) is 16.7 Å². The average Bonchev–Trinajstić information content (AvgIpc) is 3.70. The fraction of sp³-hybridized carbons (Fsp3) is 0.673. The van der Waals surface area contributed by atoms with E-state index in [1.165, 1.54) is 96.3 Å². The first-order valence-electron chi connectivity index (χ1n) is 21.1. The molecule has 13 rings (SSSR count). The summed E-state index contributed by atoms with van der Waals surface area (Å²) in [6, 6.07) is 16.5. The van der Waals surface area contributed by atoms with Crippen molar-refractivity contribution < 1.29 is 51.0 Å². The van der Waals surface area contributed by atoms with Crippen molar-refractivity contribution >= 4 is 0 Å². The SMILES string of the molecule is CC(C)(C)C1=CC2=C(CCC2(C2c3ccc(C45CC6CC(CC(C6)C4)C5)cc3-c3cc(C45CC6CC(CC(C6)C4)C5)ccc32)C(C)(C)C)C1.[Cl-].[Cl-].[Zr+2]. The van der Waals surface area contributed by atoms with Gasteiger partial charge in [-0.3, -0.25) is 0 Å². The van der Waals surface area contributed by atoms with Gasteiger partial charge in [0, 0.05) is 11.3 Å². The van der Waals surface area contributed by atoms with Crippen LogP contribution in [0.15, 0.2) is 59.2 Å². The van der Waals surface area contributed by atoms with Crippen LogP contribution in [0.3, 0.4) is 0 Å². The zero-order valence-electron chi connectivity index (χ0n) is 32.9. The van der Waals surface area contributed by atoms with Gasteiger partial charge in [-0.25, -0.2) is 0 Å². The van der Waals surface area contributed by atoms with Crippen LogP contribution in [0.2, 0.25) is 0 Å². The molecule has 1 unspecified atom stereocenters. The van der Waals surface area contributed by atoms with Crippen LogP contribution in [0.4, 0.5) is 0 Å². The Balaban J connectivity index is 0.00000129. The molecule has 0 N–H and O–H groups in total. The standard InChI is InChI=1S/C49H62.2ClH.Zr/c1-45(2,3)38-19-35-11-12-49(43(35)22-38,46(4,5)6)44-39-9-7-36(47-23-29-13-30(24-47)15-31(14-29)25-47)20-41(39)42-21-37(8-10-40(42)44)48-26-32-16-33(27-48)18-34(17-32)28-48;;;/h7-10,20-22,29-34,44H,11-19,23-28H2,1-6H3;2*1H;/q;;;+2/p-2. The van der Waals surface area contributed by atoms with Crippen molar-refractivity contribution in [2.45, 2.75) is 155 Å². The second-order valence-electron chi connectivity index (χ2n) is 22.3. The van der Waals surface area contributed by atoms with Crippen molar-refractivity contribution in [2.24, 2.45) is 51.8 Å². The fourth-order valence-electron chi connectivity index (χ4n) is 16.2. The van der Waals surface area contributed by atoms with E-state index in [2.05, 4.69) is 84.0 Å². The molecule has 1 atom stereocenters. The molecule has 0 amide bonds. The molecule has 0 spiro atoms. The monoisotopic (exact) mass is 810 g/mol. The molecule has 8 fully saturated rings. The minimum absolute atomic E-state index is 0. The molecular weight excluding hydrogens is 751 g/mol. The molecule has 276 valence electrons. The molecule has 8 bridgehead atoms. The minimum Gasteiger partial charge on any atom is -1.00 e. The molecule has 0 aliphatic heterocycles. The van der Waals surface area contributed by atoms with Crippen LogP contribution in [-0.4, -0.2) is 0 Å². The zero-order chi connectivity index (χ0) is 33.3. The number of halogens is 2. The average molecular weight is 813 g/mol. The maximum absolute atomic E-state index is 2.83. The topological polar surface area (TPSA) is 0 Å². The Hall–Kier alpha value is -0.617. The summed E-state index contributed by atoms with van der Waals surface area (Å²) in [7, 11) is 0. The molecular formula is C49H62Cl2Zr. The van der Waals surface area contributed by atoms with E-state index >= 15 is 0 Å². The van der Waals surface area contributed by atoms with E-state index < -0.39 is 0 Å². The number of benzene rings is 2. The first kappa shape index (κ1) is 38.3. The van der Waals surface area contributed by atoms with Crippen molar-refractivity contribution in [2.75, 3.05) is 0 Å². The third-order valence-electron chi connectivity index (χ3n) is 17.5. The first-order chi connectivity index (χ1) is 23.3. The maximum Gasteiger partial charge on any atom is 2.00 e. The van der Waals surface area contributed by atoms with E-state index in [0.717, 1.165) is 35.5 Å². The van der Waals surface area contributed by atoms with E-state index in [1.807, 2.05) is 0 Å². The van der Waals surface area contributed by atoms with Gasteiger partial charge in [0.15, 0.2) is 0 Å². The van der Waals surface area contributed by atoms with Crippen LogP contribution < -0.4 is 24.8 Å². The molecule has 0 heterocycles. The molecule has 11 aliphatic rings. The van der Waals surface area contributed by atoms with Crippen molar-refractivity contribution in [3.63, 3.8) is 0 Å². The van der Waals surface area contributed by atoms with Crippen molar-refractivity contribution in [1.82, 2.24) is 0 Å². The summed E-state index contributed by atoms with van der Waals surface area (Å²) in [5.74, 6) is 6.37. The van der Waals surface area contributed by atoms with E-state index in [4.69, 9.17) is 0 Å². The van der Waals surface area contributed by atoms with Gasteiger partial charge in [0.05, 0.1) is 0 Å². The Morgan fingerprint density at radius 2 is 0.981 bits per heavy atom. The Morgan fingerprint density at radius 1 is 0.577 bits per heavy atom. The summed E-state index contributed by atoms with van der Waals surface area (Å²) >= 11 is 0. The van der Waals surface area contributed by atoms with Crippen LogP contribution in [0, 0.1) is 51.8 Å². The first-order valence-corrected chi connectivity index (χ1v) is 21.1. The molecule has 2 aromatic rings. The van der Waals surface area contributed by atoms with Crippen LogP contribution >= 0.6 is 0 Å². The summed E-state index contributed by atoms with van der Waals surface area (Å²) in [4.78, 5) is 0. The third kappa shape index (κ3) is 5.25. The van der Waals surface area contributed by atoms with Gasteiger partial charge in [-0.2, -0.15) is 0 Å². The second kappa shape index (κ2) is 12.4. The largest absolute Gasteiger partial charge is 2.00 e. The number of fused-ring (bicyclic) bond motifs is 3. The van der Waals surface area contributed by atoms with Gasteiger partial charge in [-0.15, -0.1) is 0 Å². The summed E-state index contributed by atoms with van der Waals surface area (Å²) in [6.07, 6.45) is 24.5. The molecule has 0 radical (unpaired) electrons. The van der Waals surface area contributed by atoms with E-state index in [1.54, 1.807) is 50.1 Å². The number of rotatable bonds is 3. The summed E-state index contributed by atoms with van der Waals surface area (Å²) in [6.45, 7) is 15.1. The third-order valence-corrected chi connectivity index (χ3v) is 17.5. The van der Waals surface area contributed by atoms with Gasteiger partial charge in [0.1, 0.15) is 0 Å². The molecule has 2 aromatic carbocycles. The van der Waals surface area contributed by atoms with Gasteiger partial charge >= 0.3 is 26.2 Å². The quantitative estimate of drug-likeness (QED) is 0.307. The van der Waals surface area contributed by atoms with Crippen LogP contribution in [-0.2, 0) is 37.0 Å². The van der Waals surface area contributed by atoms with Crippen molar-refractivity contribution in [3.8, 4) is 11.1 Å². The van der Waals surface area contributed by atoms with Gasteiger partial charge in [0.25, 0.3) is 0 Å². The fourth-order valence-corrected chi connectivity index (χ4v) is 16.2. The smallest absolute Gasteiger partial charge is 1.00 e. The summed E-state index contributed by atoms with van der Waals surface area (Å²) in [5, 5.41) is 0. The Labute approximate surface area is 347 Å². The van der Waals surface area contributed by atoms with Gasteiger partial charge in [-0.1, -0.05) is 95.2 Å². The second-order valence-corrected chi connectivity index (χ2v) is 22.3. The molecule has 3 heteroatoms. The Bertz CT molecular complexity index is 1680. The number of hydrogen-bond donors (Lipinski definition) is 0. The van der Waals surface area contributed by atoms with Crippen LogP contribution in [0.5, 0.6) is 0 Å². The molecule has 11 aliphatic carbocycles. The van der Waals surface area contributed by atoms with E-state index in [9.17, 15) is 0 Å². The van der Waals surface area contributed by atoms with Crippen molar-refractivity contribution in [1.29, 1.82) is 0 Å². The van der Waals surface area contributed by atoms with E-state index in [-0.39, 0.29) is 67.3 Å². The van der Waals surface area contributed by atoms with Gasteiger partial charge in [-0.05, 0) is 192 Å². The van der Waals surface area contributed by atoms with Crippen LogP contribution in [0.25, 0.3) is 11.1 Å². The molecule has 0 aromatic heterocycles.